The molecule has 0 saturated heterocycles. The van der Waals surface area contributed by atoms with E-state index in [9.17, 15) is 23.2 Å². The van der Waals surface area contributed by atoms with Crippen LogP contribution in [0.25, 0.3) is 6.08 Å². The van der Waals surface area contributed by atoms with Crippen LogP contribution in [0.15, 0.2) is 29.8 Å². The van der Waals surface area contributed by atoms with Crippen molar-refractivity contribution in [3.8, 4) is 6.07 Å². The average molecular weight is 336 g/mol. The van der Waals surface area contributed by atoms with Crippen LogP contribution >= 0.6 is 0 Å². The van der Waals surface area contributed by atoms with E-state index in [0.29, 0.717) is 5.92 Å². The van der Waals surface area contributed by atoms with Gasteiger partial charge in [0.15, 0.2) is 0 Å². The van der Waals surface area contributed by atoms with Crippen molar-refractivity contribution in [1.29, 1.82) is 5.26 Å². The second-order valence-electron chi connectivity index (χ2n) is 6.10. The van der Waals surface area contributed by atoms with Gasteiger partial charge in [-0.1, -0.05) is 38.0 Å². The number of nitrogens with zero attached hydrogens (tertiary/aromatic N) is 1. The van der Waals surface area contributed by atoms with E-state index >= 15 is 0 Å². The molecule has 1 aromatic carbocycles. The Bertz CT molecular complexity index is 674. The van der Waals surface area contributed by atoms with E-state index in [0.717, 1.165) is 37.8 Å². The van der Waals surface area contributed by atoms with Gasteiger partial charge in [-0.05, 0) is 36.5 Å². The fraction of sp³-hybridized carbons (Fsp3) is 0.444. The Morgan fingerprint density at radius 3 is 2.58 bits per heavy atom. The molecule has 6 heteroatoms. The smallest absolute Gasteiger partial charge is 0.348 e. The molecule has 1 N–H and O–H groups in total. The lowest BCUT2D eigenvalue weighted by atomic mass is 9.86. The van der Waals surface area contributed by atoms with E-state index in [1.54, 1.807) is 6.07 Å². The van der Waals surface area contributed by atoms with E-state index < -0.39 is 17.6 Å². The minimum Gasteiger partial charge on any atom is -0.348 e. The number of hydrogen-bond donors (Lipinski definition) is 1. The first kappa shape index (κ1) is 18.1. The summed E-state index contributed by atoms with van der Waals surface area (Å²) >= 11 is 0. The van der Waals surface area contributed by atoms with Crippen molar-refractivity contribution in [2.75, 3.05) is 0 Å². The zero-order valence-corrected chi connectivity index (χ0v) is 13.4. The Morgan fingerprint density at radius 1 is 1.29 bits per heavy atom. The van der Waals surface area contributed by atoms with Crippen molar-refractivity contribution < 1.29 is 18.0 Å². The molecule has 0 spiro atoms. The van der Waals surface area contributed by atoms with Gasteiger partial charge < -0.3 is 5.32 Å². The van der Waals surface area contributed by atoms with Gasteiger partial charge in [0.1, 0.15) is 11.6 Å². The molecule has 128 valence electrons. The molecule has 2 atom stereocenters. The Hall–Kier alpha value is -2.29. The van der Waals surface area contributed by atoms with Crippen LogP contribution < -0.4 is 5.32 Å². The molecule has 1 amide bonds. The minimum absolute atomic E-state index is 0.0409. The first-order chi connectivity index (χ1) is 11.3. The van der Waals surface area contributed by atoms with Crippen LogP contribution in [0, 0.1) is 17.2 Å². The molecule has 1 fully saturated rings. The normalized spacial score (nSPS) is 21.9. The van der Waals surface area contributed by atoms with Crippen molar-refractivity contribution >= 4 is 12.0 Å². The monoisotopic (exact) mass is 336 g/mol. The van der Waals surface area contributed by atoms with E-state index in [2.05, 4.69) is 5.32 Å². The molecule has 1 aliphatic carbocycles. The lowest BCUT2D eigenvalue weighted by molar-refractivity contribution is -0.137. The number of nitriles is 1. The summed E-state index contributed by atoms with van der Waals surface area (Å²) in [5.41, 5.74) is -1.37. The fourth-order valence-electron chi connectivity index (χ4n) is 2.96. The summed E-state index contributed by atoms with van der Waals surface area (Å²) in [5, 5.41) is 12.0. The average Bonchev–Trinajstić information content (AvgIpc) is 2.54. The van der Waals surface area contributed by atoms with Gasteiger partial charge in [0.05, 0.1) is 5.56 Å². The van der Waals surface area contributed by atoms with Gasteiger partial charge in [-0.15, -0.1) is 0 Å². The van der Waals surface area contributed by atoms with Crippen LogP contribution in [0.5, 0.6) is 0 Å². The summed E-state index contributed by atoms with van der Waals surface area (Å²) in [6, 6.07) is 6.57. The number of hydrogen-bond acceptors (Lipinski definition) is 2. The van der Waals surface area contributed by atoms with Crippen molar-refractivity contribution in [1.82, 2.24) is 5.32 Å². The van der Waals surface area contributed by atoms with Crippen LogP contribution in [0.2, 0.25) is 0 Å². The second kappa shape index (κ2) is 7.52. The number of amides is 1. The minimum atomic E-state index is -4.54. The first-order valence-electron chi connectivity index (χ1n) is 7.92. The third kappa shape index (κ3) is 4.38. The van der Waals surface area contributed by atoms with Gasteiger partial charge in [0, 0.05) is 6.04 Å². The summed E-state index contributed by atoms with van der Waals surface area (Å²) in [6.07, 6.45) is 0.386. The number of halogens is 3. The van der Waals surface area contributed by atoms with Crippen molar-refractivity contribution in [3.05, 3.63) is 41.0 Å². The van der Waals surface area contributed by atoms with E-state index in [1.807, 2.05) is 6.92 Å². The lowest BCUT2D eigenvalue weighted by Gasteiger charge is -2.29. The van der Waals surface area contributed by atoms with Gasteiger partial charge in [0.25, 0.3) is 5.91 Å². The molecular weight excluding hydrogens is 317 g/mol. The predicted molar refractivity (Wildman–Crippen MR) is 84.6 cm³/mol. The summed E-state index contributed by atoms with van der Waals surface area (Å²) < 4.78 is 39.0. The van der Waals surface area contributed by atoms with Crippen LogP contribution in [-0.2, 0) is 11.0 Å². The van der Waals surface area contributed by atoms with Crippen molar-refractivity contribution in [2.24, 2.45) is 5.92 Å². The first-order valence-corrected chi connectivity index (χ1v) is 7.92. The highest BCUT2D eigenvalue weighted by atomic mass is 19.4. The maximum Gasteiger partial charge on any atom is 0.416 e. The number of alkyl halides is 3. The summed E-state index contributed by atoms with van der Waals surface area (Å²) in [4.78, 5) is 12.3. The topological polar surface area (TPSA) is 52.9 Å². The van der Waals surface area contributed by atoms with E-state index in [1.165, 1.54) is 18.2 Å². The Labute approximate surface area is 139 Å². The molecule has 1 saturated carbocycles. The fourth-order valence-corrected chi connectivity index (χ4v) is 2.96. The van der Waals surface area contributed by atoms with Crippen molar-refractivity contribution in [3.63, 3.8) is 0 Å². The number of nitrogens with one attached hydrogen (secondary N) is 1. The summed E-state index contributed by atoms with van der Waals surface area (Å²) in [5.74, 6) is -0.321. The highest BCUT2D eigenvalue weighted by molar-refractivity contribution is 6.02. The summed E-state index contributed by atoms with van der Waals surface area (Å²) in [7, 11) is 0. The van der Waals surface area contributed by atoms with Crippen LogP contribution in [-0.4, -0.2) is 11.9 Å². The highest BCUT2D eigenvalue weighted by Crippen LogP contribution is 2.33. The predicted octanol–water partition coefficient (Wildman–Crippen LogP) is 4.31. The number of rotatable bonds is 3. The van der Waals surface area contributed by atoms with Gasteiger partial charge in [-0.3, -0.25) is 4.79 Å². The molecule has 0 aliphatic heterocycles. The zero-order chi connectivity index (χ0) is 17.7. The number of benzene rings is 1. The molecule has 1 aliphatic rings. The van der Waals surface area contributed by atoms with Crippen molar-refractivity contribution in [2.45, 2.75) is 44.8 Å². The molecule has 2 rings (SSSR count). The molecule has 24 heavy (non-hydrogen) atoms. The van der Waals surface area contributed by atoms with Crippen LogP contribution in [0.4, 0.5) is 13.2 Å². The third-order valence-electron chi connectivity index (χ3n) is 4.36. The van der Waals surface area contributed by atoms with Gasteiger partial charge in [0.2, 0.25) is 0 Å². The summed E-state index contributed by atoms with van der Waals surface area (Å²) in [6.45, 7) is 2.03. The molecule has 1 aromatic rings. The SMILES string of the molecule is C[C@H]1CCCC[C@@H]1NC(=O)/C(C#N)=C/c1ccccc1C(F)(F)F. The highest BCUT2D eigenvalue weighted by Gasteiger charge is 2.33. The molecule has 0 heterocycles. The van der Waals surface area contributed by atoms with E-state index in [-0.39, 0.29) is 17.2 Å². The lowest BCUT2D eigenvalue weighted by Crippen LogP contribution is -2.41. The number of carbonyl (C=O) groups is 1. The largest absolute Gasteiger partial charge is 0.416 e. The third-order valence-corrected chi connectivity index (χ3v) is 4.36. The molecular formula is C18H19F3N2O. The maximum absolute atomic E-state index is 13.0. The Morgan fingerprint density at radius 2 is 1.96 bits per heavy atom. The number of carbonyl (C=O) groups excluding carboxylic acids is 1. The Balaban J connectivity index is 2.24. The quantitative estimate of drug-likeness (QED) is 0.661. The van der Waals surface area contributed by atoms with Crippen LogP contribution in [0.3, 0.4) is 0 Å². The van der Waals surface area contributed by atoms with Crippen LogP contribution in [0.1, 0.15) is 43.7 Å². The second-order valence-corrected chi connectivity index (χ2v) is 6.10. The zero-order valence-electron chi connectivity index (χ0n) is 13.4. The molecule has 0 radical (unpaired) electrons. The van der Waals surface area contributed by atoms with Gasteiger partial charge in [-0.2, -0.15) is 18.4 Å². The maximum atomic E-state index is 13.0. The molecule has 0 unspecified atom stereocenters. The Kier molecular flexibility index (Phi) is 5.66. The van der Waals surface area contributed by atoms with Gasteiger partial charge >= 0.3 is 6.18 Å². The molecule has 0 aromatic heterocycles. The standard InChI is InChI=1S/C18H19F3N2O/c1-12-6-2-5-9-16(12)23-17(24)14(11-22)10-13-7-3-4-8-15(13)18(19,20)21/h3-4,7-8,10,12,16H,2,5-6,9H2,1H3,(H,23,24)/b14-10+/t12-,16-/m0/s1. The molecule has 3 nitrogen and oxygen atoms in total. The molecule has 0 bridgehead atoms. The van der Waals surface area contributed by atoms with E-state index in [4.69, 9.17) is 0 Å². The van der Waals surface area contributed by atoms with Gasteiger partial charge in [-0.25, -0.2) is 0 Å².